The molecule has 5 heteroatoms. The van der Waals surface area contributed by atoms with Gasteiger partial charge in [-0.3, -0.25) is 4.98 Å². The predicted molar refractivity (Wildman–Crippen MR) is 67.0 cm³/mol. The van der Waals surface area contributed by atoms with E-state index in [9.17, 15) is 0 Å². The van der Waals surface area contributed by atoms with Gasteiger partial charge in [-0.25, -0.2) is 0 Å². The normalized spacial score (nSPS) is 24.1. The van der Waals surface area contributed by atoms with E-state index in [1.165, 1.54) is 0 Å². The molecule has 2 aromatic rings. The Morgan fingerprint density at radius 3 is 3.06 bits per heavy atom. The first-order valence-corrected chi connectivity index (χ1v) is 6.24. The molecule has 0 aromatic carbocycles. The predicted octanol–water partition coefficient (Wildman–Crippen LogP) is 1.77. The number of pyridine rings is 1. The van der Waals surface area contributed by atoms with Crippen LogP contribution in [-0.2, 0) is 5.41 Å². The zero-order valence-electron chi connectivity index (χ0n) is 10.4. The van der Waals surface area contributed by atoms with Gasteiger partial charge in [-0.2, -0.15) is 4.98 Å². The highest BCUT2D eigenvalue weighted by Crippen LogP contribution is 2.30. The largest absolute Gasteiger partial charge is 0.338 e. The molecule has 3 rings (SSSR count). The van der Waals surface area contributed by atoms with Crippen LogP contribution in [0.25, 0.3) is 11.5 Å². The van der Waals surface area contributed by atoms with Crippen molar-refractivity contribution in [3.05, 3.63) is 30.3 Å². The Balaban J connectivity index is 1.89. The number of aromatic nitrogens is 3. The van der Waals surface area contributed by atoms with Crippen molar-refractivity contribution in [1.29, 1.82) is 0 Å². The van der Waals surface area contributed by atoms with Gasteiger partial charge in [0.05, 0.1) is 5.41 Å². The molecule has 0 amide bonds. The van der Waals surface area contributed by atoms with Crippen molar-refractivity contribution in [2.45, 2.75) is 25.2 Å². The van der Waals surface area contributed by atoms with Crippen LogP contribution >= 0.6 is 0 Å². The average molecular weight is 244 g/mol. The van der Waals surface area contributed by atoms with Crippen molar-refractivity contribution in [3.63, 3.8) is 0 Å². The molecule has 0 spiro atoms. The van der Waals surface area contributed by atoms with Crippen molar-refractivity contribution in [2.75, 3.05) is 13.1 Å². The Bertz CT molecular complexity index is 517. The number of hydrogen-bond donors (Lipinski definition) is 1. The van der Waals surface area contributed by atoms with Gasteiger partial charge in [-0.15, -0.1) is 0 Å². The zero-order valence-corrected chi connectivity index (χ0v) is 10.4. The molecular weight excluding hydrogens is 228 g/mol. The quantitative estimate of drug-likeness (QED) is 0.872. The fourth-order valence-electron chi connectivity index (χ4n) is 2.31. The van der Waals surface area contributed by atoms with E-state index in [-0.39, 0.29) is 5.41 Å². The molecule has 3 heterocycles. The molecule has 1 aliphatic heterocycles. The summed E-state index contributed by atoms with van der Waals surface area (Å²) >= 11 is 0. The monoisotopic (exact) mass is 244 g/mol. The van der Waals surface area contributed by atoms with Gasteiger partial charge < -0.3 is 9.84 Å². The van der Waals surface area contributed by atoms with Gasteiger partial charge in [0, 0.05) is 12.7 Å². The molecule has 1 fully saturated rings. The number of piperidine rings is 1. The van der Waals surface area contributed by atoms with Crippen LogP contribution in [0.3, 0.4) is 0 Å². The minimum Gasteiger partial charge on any atom is -0.338 e. The van der Waals surface area contributed by atoms with E-state index in [1.807, 2.05) is 18.2 Å². The van der Waals surface area contributed by atoms with Gasteiger partial charge in [-0.05, 0) is 38.4 Å². The van der Waals surface area contributed by atoms with E-state index in [4.69, 9.17) is 4.52 Å². The van der Waals surface area contributed by atoms with Crippen molar-refractivity contribution < 1.29 is 4.52 Å². The summed E-state index contributed by atoms with van der Waals surface area (Å²) in [4.78, 5) is 8.73. The highest BCUT2D eigenvalue weighted by atomic mass is 16.5. The average Bonchev–Trinajstić information content (AvgIpc) is 2.91. The molecule has 1 atom stereocenters. The van der Waals surface area contributed by atoms with Crippen molar-refractivity contribution in [2.24, 2.45) is 0 Å². The maximum atomic E-state index is 5.42. The summed E-state index contributed by atoms with van der Waals surface area (Å²) in [5.74, 6) is 1.27. The fraction of sp³-hybridized carbons (Fsp3) is 0.462. The van der Waals surface area contributed by atoms with Crippen LogP contribution in [0.15, 0.2) is 28.9 Å². The SMILES string of the molecule is CC1(c2nc(-c3ccccn3)no2)CCCNC1. The first kappa shape index (κ1) is 11.3. The molecule has 0 aliphatic carbocycles. The molecule has 1 unspecified atom stereocenters. The number of nitrogens with zero attached hydrogens (tertiary/aromatic N) is 3. The molecular formula is C13H16N4O. The van der Waals surface area contributed by atoms with Gasteiger partial charge in [0.1, 0.15) is 5.69 Å². The first-order chi connectivity index (χ1) is 8.78. The van der Waals surface area contributed by atoms with Crippen LogP contribution in [0, 0.1) is 0 Å². The van der Waals surface area contributed by atoms with E-state index in [1.54, 1.807) is 6.20 Å². The molecule has 5 nitrogen and oxygen atoms in total. The second-order valence-corrected chi connectivity index (χ2v) is 4.98. The lowest BCUT2D eigenvalue weighted by Crippen LogP contribution is -2.41. The Morgan fingerprint density at radius 1 is 1.39 bits per heavy atom. The van der Waals surface area contributed by atoms with E-state index in [2.05, 4.69) is 27.4 Å². The number of rotatable bonds is 2. The third kappa shape index (κ3) is 2.01. The lowest BCUT2D eigenvalue weighted by atomic mass is 9.83. The Labute approximate surface area is 106 Å². The lowest BCUT2D eigenvalue weighted by Gasteiger charge is -2.30. The van der Waals surface area contributed by atoms with Crippen molar-refractivity contribution in [1.82, 2.24) is 20.4 Å². The Kier molecular flexibility index (Phi) is 2.83. The van der Waals surface area contributed by atoms with E-state index < -0.39 is 0 Å². The Hall–Kier alpha value is -1.75. The van der Waals surface area contributed by atoms with Gasteiger partial charge in [0.2, 0.25) is 11.7 Å². The summed E-state index contributed by atoms with van der Waals surface area (Å²) in [5, 5.41) is 7.41. The van der Waals surface area contributed by atoms with Gasteiger partial charge in [0.15, 0.2) is 0 Å². The summed E-state index contributed by atoms with van der Waals surface area (Å²) in [7, 11) is 0. The van der Waals surface area contributed by atoms with Gasteiger partial charge >= 0.3 is 0 Å². The third-order valence-corrected chi connectivity index (χ3v) is 3.43. The van der Waals surface area contributed by atoms with Crippen molar-refractivity contribution in [3.8, 4) is 11.5 Å². The molecule has 1 aliphatic rings. The maximum absolute atomic E-state index is 5.42. The second kappa shape index (κ2) is 4.49. The summed E-state index contributed by atoms with van der Waals surface area (Å²) in [6.45, 7) is 4.11. The van der Waals surface area contributed by atoms with Crippen molar-refractivity contribution >= 4 is 0 Å². The Morgan fingerprint density at radius 2 is 2.33 bits per heavy atom. The molecule has 0 bridgehead atoms. The van der Waals surface area contributed by atoms with Crippen LogP contribution in [-0.4, -0.2) is 28.2 Å². The van der Waals surface area contributed by atoms with Crippen LogP contribution in [0.4, 0.5) is 0 Å². The first-order valence-electron chi connectivity index (χ1n) is 6.24. The molecule has 2 aromatic heterocycles. The fourth-order valence-corrected chi connectivity index (χ4v) is 2.31. The highest BCUT2D eigenvalue weighted by Gasteiger charge is 2.34. The number of nitrogens with one attached hydrogen (secondary N) is 1. The molecule has 18 heavy (non-hydrogen) atoms. The van der Waals surface area contributed by atoms with Gasteiger partial charge in [0.25, 0.3) is 0 Å². The highest BCUT2D eigenvalue weighted by molar-refractivity contribution is 5.47. The molecule has 0 saturated carbocycles. The van der Waals surface area contributed by atoms with E-state index >= 15 is 0 Å². The topological polar surface area (TPSA) is 63.8 Å². The standard InChI is InChI=1S/C13H16N4O/c1-13(6-4-7-14-9-13)12-16-11(17-18-12)10-5-2-3-8-15-10/h2-3,5,8,14H,4,6-7,9H2,1H3. The molecule has 1 saturated heterocycles. The zero-order chi connectivity index (χ0) is 12.4. The second-order valence-electron chi connectivity index (χ2n) is 4.98. The minimum absolute atomic E-state index is 0.0573. The molecule has 0 radical (unpaired) electrons. The summed E-state index contributed by atoms with van der Waals surface area (Å²) < 4.78 is 5.42. The summed E-state index contributed by atoms with van der Waals surface area (Å²) in [5.41, 5.74) is 0.693. The van der Waals surface area contributed by atoms with E-state index in [0.717, 1.165) is 31.6 Å². The van der Waals surface area contributed by atoms with E-state index in [0.29, 0.717) is 11.7 Å². The summed E-state index contributed by atoms with van der Waals surface area (Å²) in [6, 6.07) is 5.68. The minimum atomic E-state index is -0.0573. The van der Waals surface area contributed by atoms with Crippen LogP contribution in [0.5, 0.6) is 0 Å². The van der Waals surface area contributed by atoms with Crippen LogP contribution in [0.2, 0.25) is 0 Å². The van der Waals surface area contributed by atoms with Crippen LogP contribution < -0.4 is 5.32 Å². The van der Waals surface area contributed by atoms with Crippen LogP contribution in [0.1, 0.15) is 25.7 Å². The summed E-state index contributed by atoms with van der Waals surface area (Å²) in [6.07, 6.45) is 3.94. The maximum Gasteiger partial charge on any atom is 0.234 e. The molecule has 1 N–H and O–H groups in total. The third-order valence-electron chi connectivity index (χ3n) is 3.43. The lowest BCUT2D eigenvalue weighted by molar-refractivity contribution is 0.245. The number of hydrogen-bond acceptors (Lipinski definition) is 5. The smallest absolute Gasteiger partial charge is 0.234 e. The molecule has 94 valence electrons. The van der Waals surface area contributed by atoms with Gasteiger partial charge in [-0.1, -0.05) is 11.2 Å².